The molecule has 0 saturated heterocycles. The lowest BCUT2D eigenvalue weighted by atomic mass is 10.1. The summed E-state index contributed by atoms with van der Waals surface area (Å²) in [4.78, 5) is 16.7. The molecular formula is C15H14N4O. The van der Waals surface area contributed by atoms with E-state index in [4.69, 9.17) is 0 Å². The SMILES string of the molecule is CC(NC(=O)c1cccc2cccnc12)c1cn[nH]c1. The molecule has 5 heteroatoms. The van der Waals surface area contributed by atoms with E-state index in [1.807, 2.05) is 31.2 Å². The minimum absolute atomic E-state index is 0.111. The van der Waals surface area contributed by atoms with Crippen LogP contribution >= 0.6 is 0 Å². The van der Waals surface area contributed by atoms with Crippen molar-refractivity contribution in [2.75, 3.05) is 0 Å². The van der Waals surface area contributed by atoms with E-state index < -0.39 is 0 Å². The predicted molar refractivity (Wildman–Crippen MR) is 76.2 cm³/mol. The summed E-state index contributed by atoms with van der Waals surface area (Å²) in [6, 6.07) is 9.28. The Morgan fingerprint density at radius 1 is 1.30 bits per heavy atom. The lowest BCUT2D eigenvalue weighted by Crippen LogP contribution is -2.26. The summed E-state index contributed by atoms with van der Waals surface area (Å²) in [7, 11) is 0. The maximum atomic E-state index is 12.4. The number of pyridine rings is 1. The highest BCUT2D eigenvalue weighted by molar-refractivity contribution is 6.05. The summed E-state index contributed by atoms with van der Waals surface area (Å²) in [5, 5.41) is 10.5. The summed E-state index contributed by atoms with van der Waals surface area (Å²) in [6.45, 7) is 1.92. The van der Waals surface area contributed by atoms with E-state index in [9.17, 15) is 4.79 Å². The van der Waals surface area contributed by atoms with Gasteiger partial charge in [0.15, 0.2) is 0 Å². The van der Waals surface area contributed by atoms with Gasteiger partial charge in [-0.15, -0.1) is 0 Å². The van der Waals surface area contributed by atoms with Crippen LogP contribution in [0.25, 0.3) is 10.9 Å². The van der Waals surface area contributed by atoms with Crippen LogP contribution in [0.3, 0.4) is 0 Å². The molecule has 2 aromatic heterocycles. The molecule has 20 heavy (non-hydrogen) atoms. The first-order chi connectivity index (χ1) is 9.75. The Balaban J connectivity index is 1.89. The van der Waals surface area contributed by atoms with E-state index in [0.717, 1.165) is 10.9 Å². The van der Waals surface area contributed by atoms with Crippen LogP contribution in [0.5, 0.6) is 0 Å². The van der Waals surface area contributed by atoms with Gasteiger partial charge >= 0.3 is 0 Å². The van der Waals surface area contributed by atoms with Crippen LogP contribution in [0.4, 0.5) is 0 Å². The molecule has 0 aliphatic heterocycles. The highest BCUT2D eigenvalue weighted by atomic mass is 16.1. The van der Waals surface area contributed by atoms with Gasteiger partial charge in [0.05, 0.1) is 23.3 Å². The summed E-state index contributed by atoms with van der Waals surface area (Å²) in [6.07, 6.45) is 5.16. The minimum atomic E-state index is -0.136. The van der Waals surface area contributed by atoms with Gasteiger partial charge in [0, 0.05) is 23.3 Å². The summed E-state index contributed by atoms with van der Waals surface area (Å²) >= 11 is 0. The van der Waals surface area contributed by atoms with Crippen LogP contribution in [0.15, 0.2) is 48.9 Å². The van der Waals surface area contributed by atoms with Gasteiger partial charge in [0.2, 0.25) is 0 Å². The second-order valence-electron chi connectivity index (χ2n) is 4.61. The van der Waals surface area contributed by atoms with Crippen molar-refractivity contribution in [3.63, 3.8) is 0 Å². The summed E-state index contributed by atoms with van der Waals surface area (Å²) < 4.78 is 0. The molecule has 3 aromatic rings. The van der Waals surface area contributed by atoms with Crippen molar-refractivity contribution in [2.45, 2.75) is 13.0 Å². The van der Waals surface area contributed by atoms with Crippen LogP contribution in [0, 0.1) is 0 Å². The number of nitrogens with zero attached hydrogens (tertiary/aromatic N) is 2. The van der Waals surface area contributed by atoms with Gasteiger partial charge in [-0.2, -0.15) is 5.10 Å². The van der Waals surface area contributed by atoms with Crippen LogP contribution in [-0.2, 0) is 0 Å². The molecule has 0 saturated carbocycles. The molecule has 0 spiro atoms. The highest BCUT2D eigenvalue weighted by Gasteiger charge is 2.14. The molecule has 0 bridgehead atoms. The third kappa shape index (κ3) is 2.25. The van der Waals surface area contributed by atoms with Gasteiger partial charge in [-0.05, 0) is 19.1 Å². The molecule has 0 radical (unpaired) electrons. The van der Waals surface area contributed by atoms with Crippen molar-refractivity contribution in [1.29, 1.82) is 0 Å². The Labute approximate surface area is 116 Å². The number of carbonyl (C=O) groups is 1. The molecule has 0 aliphatic rings. The number of fused-ring (bicyclic) bond motifs is 1. The van der Waals surface area contributed by atoms with Crippen molar-refractivity contribution < 1.29 is 4.79 Å². The summed E-state index contributed by atoms with van der Waals surface area (Å²) in [5.74, 6) is -0.136. The number of aromatic nitrogens is 3. The molecule has 2 N–H and O–H groups in total. The van der Waals surface area contributed by atoms with E-state index in [0.29, 0.717) is 11.1 Å². The predicted octanol–water partition coefficient (Wildman–Crippen LogP) is 2.45. The molecule has 1 atom stereocenters. The molecular weight excluding hydrogens is 252 g/mol. The van der Waals surface area contributed by atoms with Crippen LogP contribution in [0.2, 0.25) is 0 Å². The zero-order valence-corrected chi connectivity index (χ0v) is 11.0. The van der Waals surface area contributed by atoms with E-state index in [1.54, 1.807) is 24.7 Å². The van der Waals surface area contributed by atoms with Crippen molar-refractivity contribution in [3.8, 4) is 0 Å². The van der Waals surface area contributed by atoms with E-state index >= 15 is 0 Å². The van der Waals surface area contributed by atoms with Gasteiger partial charge in [0.25, 0.3) is 5.91 Å². The fraction of sp³-hybridized carbons (Fsp3) is 0.133. The van der Waals surface area contributed by atoms with Gasteiger partial charge in [-0.25, -0.2) is 0 Å². The number of hydrogen-bond acceptors (Lipinski definition) is 3. The molecule has 1 aromatic carbocycles. The average Bonchev–Trinajstić information content (AvgIpc) is 3.01. The molecule has 1 amide bonds. The lowest BCUT2D eigenvalue weighted by Gasteiger charge is -2.13. The zero-order valence-electron chi connectivity index (χ0n) is 11.0. The lowest BCUT2D eigenvalue weighted by molar-refractivity contribution is 0.0941. The van der Waals surface area contributed by atoms with Crippen molar-refractivity contribution in [1.82, 2.24) is 20.5 Å². The maximum Gasteiger partial charge on any atom is 0.253 e. The number of amides is 1. The van der Waals surface area contributed by atoms with Crippen molar-refractivity contribution in [2.24, 2.45) is 0 Å². The third-order valence-electron chi connectivity index (χ3n) is 3.24. The minimum Gasteiger partial charge on any atom is -0.345 e. The zero-order chi connectivity index (χ0) is 13.9. The number of H-pyrrole nitrogens is 1. The second kappa shape index (κ2) is 5.13. The quantitative estimate of drug-likeness (QED) is 0.765. The van der Waals surface area contributed by atoms with Gasteiger partial charge < -0.3 is 5.32 Å². The number of benzene rings is 1. The van der Waals surface area contributed by atoms with E-state index in [-0.39, 0.29) is 11.9 Å². The molecule has 100 valence electrons. The monoisotopic (exact) mass is 266 g/mol. The normalized spacial score (nSPS) is 12.2. The first-order valence-electron chi connectivity index (χ1n) is 6.39. The Morgan fingerprint density at radius 2 is 2.15 bits per heavy atom. The van der Waals surface area contributed by atoms with Gasteiger partial charge in [-0.3, -0.25) is 14.9 Å². The van der Waals surface area contributed by atoms with Crippen LogP contribution < -0.4 is 5.32 Å². The molecule has 0 aliphatic carbocycles. The van der Waals surface area contributed by atoms with Crippen molar-refractivity contribution >= 4 is 16.8 Å². The van der Waals surface area contributed by atoms with Gasteiger partial charge in [0.1, 0.15) is 0 Å². The Morgan fingerprint density at radius 3 is 2.95 bits per heavy atom. The van der Waals surface area contributed by atoms with Crippen LogP contribution in [0.1, 0.15) is 28.9 Å². The first kappa shape index (κ1) is 12.3. The Bertz CT molecular complexity index is 731. The third-order valence-corrected chi connectivity index (χ3v) is 3.24. The maximum absolute atomic E-state index is 12.4. The summed E-state index contributed by atoms with van der Waals surface area (Å²) in [5.41, 5.74) is 2.23. The molecule has 2 heterocycles. The largest absolute Gasteiger partial charge is 0.345 e. The van der Waals surface area contributed by atoms with E-state index in [1.165, 1.54) is 0 Å². The second-order valence-corrected chi connectivity index (χ2v) is 4.61. The number of hydrogen-bond donors (Lipinski definition) is 2. The fourth-order valence-corrected chi connectivity index (χ4v) is 2.14. The Kier molecular flexibility index (Phi) is 3.16. The molecule has 3 rings (SSSR count). The average molecular weight is 266 g/mol. The molecule has 1 unspecified atom stereocenters. The fourth-order valence-electron chi connectivity index (χ4n) is 2.14. The number of rotatable bonds is 3. The number of para-hydroxylation sites is 1. The first-order valence-corrected chi connectivity index (χ1v) is 6.39. The topological polar surface area (TPSA) is 70.7 Å². The van der Waals surface area contributed by atoms with Gasteiger partial charge in [-0.1, -0.05) is 18.2 Å². The molecule has 5 nitrogen and oxygen atoms in total. The highest BCUT2D eigenvalue weighted by Crippen LogP contribution is 2.17. The van der Waals surface area contributed by atoms with Crippen LogP contribution in [-0.4, -0.2) is 21.1 Å². The number of aromatic amines is 1. The number of carbonyl (C=O) groups excluding carboxylic acids is 1. The van der Waals surface area contributed by atoms with E-state index in [2.05, 4.69) is 20.5 Å². The Hall–Kier alpha value is -2.69. The van der Waals surface area contributed by atoms with Crippen molar-refractivity contribution in [3.05, 3.63) is 60.0 Å². The molecule has 0 fully saturated rings. The smallest absolute Gasteiger partial charge is 0.253 e. The number of nitrogens with one attached hydrogen (secondary N) is 2. The standard InChI is InChI=1S/C15H14N4O/c1-10(12-8-17-18-9-12)19-15(20)13-6-2-4-11-5-3-7-16-14(11)13/h2-10H,1H3,(H,17,18)(H,19,20).